The third-order valence-electron chi connectivity index (χ3n) is 8.80. The highest BCUT2D eigenvalue weighted by molar-refractivity contribution is 7.26. The molecule has 0 saturated heterocycles. The van der Waals surface area contributed by atoms with E-state index in [0.29, 0.717) is 38.7 Å². The number of hydrogen-bond acceptors (Lipinski definition) is 4. The van der Waals surface area contributed by atoms with E-state index in [-0.39, 0.29) is 82.0 Å². The molecule has 10 rings (SSSR count). The number of para-hydroxylation sites is 2. The summed E-state index contributed by atoms with van der Waals surface area (Å²) in [6.45, 7) is 0. The van der Waals surface area contributed by atoms with Crippen LogP contribution in [0.5, 0.6) is 0 Å². The van der Waals surface area contributed by atoms with E-state index in [1.54, 1.807) is 16.7 Å². The predicted molar refractivity (Wildman–Crippen MR) is 209 cm³/mol. The summed E-state index contributed by atoms with van der Waals surface area (Å²) < 4.78 is 83.0. The molecule has 0 saturated carbocycles. The van der Waals surface area contributed by atoms with Crippen molar-refractivity contribution in [3.8, 4) is 51.0 Å². The molecule has 0 fully saturated rings. The van der Waals surface area contributed by atoms with Gasteiger partial charge in [0.1, 0.15) is 0 Å². The maximum Gasteiger partial charge on any atom is 0.166 e. The summed E-state index contributed by atoms with van der Waals surface area (Å²) >= 11 is 1.37. The standard InChI is InChI=1S/C45H28N4S/c1-3-14-29(15-4-1)43-46-44(30-16-5-2-6-17-30)48-45(47-43)37-27-26-31(32-21-13-22-36-35-20-9-12-25-41(35)50-42(32)36)28-40(37)49-38-23-10-7-18-33(38)34-19-8-11-24-39(34)49/h1-28H/i7D,8D,9D,18D,19D,21D,23D,24D,25D. The molecular formula is C45H28N4S. The number of rotatable bonds is 5. The van der Waals surface area contributed by atoms with Gasteiger partial charge in [-0.15, -0.1) is 11.3 Å². The Morgan fingerprint density at radius 3 is 1.78 bits per heavy atom. The van der Waals surface area contributed by atoms with Crippen LogP contribution in [0.3, 0.4) is 0 Å². The molecule has 0 aliphatic carbocycles. The van der Waals surface area contributed by atoms with Gasteiger partial charge in [-0.2, -0.15) is 0 Å². The smallest absolute Gasteiger partial charge is 0.166 e. The van der Waals surface area contributed by atoms with E-state index in [4.69, 9.17) is 23.2 Å². The van der Waals surface area contributed by atoms with Crippen molar-refractivity contribution in [2.45, 2.75) is 0 Å². The molecule has 234 valence electrons. The summed E-state index contributed by atoms with van der Waals surface area (Å²) in [6, 6.07) is 33.2. The first kappa shape index (κ1) is 20.8. The minimum absolute atomic E-state index is 0.106. The molecule has 7 aromatic carbocycles. The minimum Gasteiger partial charge on any atom is -0.308 e. The van der Waals surface area contributed by atoms with Crippen LogP contribution in [0.1, 0.15) is 12.3 Å². The average molecular weight is 666 g/mol. The maximum atomic E-state index is 9.25. The molecule has 0 spiro atoms. The molecule has 0 aliphatic rings. The van der Waals surface area contributed by atoms with Crippen molar-refractivity contribution in [3.63, 3.8) is 0 Å². The number of nitrogens with zero attached hydrogens (tertiary/aromatic N) is 4. The van der Waals surface area contributed by atoms with Gasteiger partial charge in [0.25, 0.3) is 0 Å². The fourth-order valence-electron chi connectivity index (χ4n) is 6.52. The zero-order valence-corrected chi connectivity index (χ0v) is 27.0. The molecule has 5 heteroatoms. The van der Waals surface area contributed by atoms with E-state index >= 15 is 0 Å². The highest BCUT2D eigenvalue weighted by Gasteiger charge is 2.21. The number of thiophene rings is 1. The normalized spacial score (nSPS) is 14.1. The number of aromatic nitrogens is 4. The molecule has 0 atom stereocenters. The van der Waals surface area contributed by atoms with Crippen LogP contribution in [0, 0.1) is 0 Å². The van der Waals surface area contributed by atoms with Crippen molar-refractivity contribution < 1.29 is 12.3 Å². The van der Waals surface area contributed by atoms with Crippen LogP contribution in [0.4, 0.5) is 0 Å². The van der Waals surface area contributed by atoms with E-state index in [9.17, 15) is 4.11 Å². The molecule has 10 aromatic rings. The monoisotopic (exact) mass is 665 g/mol. The van der Waals surface area contributed by atoms with Crippen LogP contribution in [0.15, 0.2) is 170 Å². The first-order chi connectivity index (χ1) is 28.5. The van der Waals surface area contributed by atoms with Gasteiger partial charge in [-0.25, -0.2) is 15.0 Å². The summed E-state index contributed by atoms with van der Waals surface area (Å²) in [5.74, 6) is 1.06. The van der Waals surface area contributed by atoms with Crippen LogP contribution in [0.25, 0.3) is 93.0 Å². The second kappa shape index (κ2) is 11.6. The van der Waals surface area contributed by atoms with Crippen LogP contribution >= 0.6 is 11.3 Å². The Hall–Kier alpha value is -6.43. The topological polar surface area (TPSA) is 43.6 Å². The van der Waals surface area contributed by atoms with E-state index in [0.717, 1.165) is 26.6 Å². The number of fused-ring (bicyclic) bond motifs is 6. The molecule has 50 heavy (non-hydrogen) atoms. The van der Waals surface area contributed by atoms with Gasteiger partial charge in [-0.3, -0.25) is 0 Å². The first-order valence-electron chi connectivity index (χ1n) is 20.5. The lowest BCUT2D eigenvalue weighted by Crippen LogP contribution is -2.04. The van der Waals surface area contributed by atoms with Crippen LogP contribution in [-0.4, -0.2) is 19.5 Å². The summed E-state index contributed by atoms with van der Waals surface area (Å²) in [4.78, 5) is 14.9. The third-order valence-corrected chi connectivity index (χ3v) is 9.97. The first-order valence-corrected chi connectivity index (χ1v) is 16.8. The predicted octanol–water partition coefficient (Wildman–Crippen LogP) is 12.0. The van der Waals surface area contributed by atoms with Gasteiger partial charge in [-0.1, -0.05) is 139 Å². The van der Waals surface area contributed by atoms with Crippen molar-refractivity contribution in [2.75, 3.05) is 0 Å². The lowest BCUT2D eigenvalue weighted by atomic mass is 9.99. The molecule has 0 aliphatic heterocycles. The van der Waals surface area contributed by atoms with E-state index < -0.39 is 0 Å². The molecule has 0 unspecified atom stereocenters. The fourth-order valence-corrected chi connectivity index (χ4v) is 7.69. The fraction of sp³-hybridized carbons (Fsp3) is 0. The highest BCUT2D eigenvalue weighted by atomic mass is 32.1. The molecular weight excluding hydrogens is 629 g/mol. The van der Waals surface area contributed by atoms with Crippen LogP contribution in [0.2, 0.25) is 0 Å². The van der Waals surface area contributed by atoms with Gasteiger partial charge < -0.3 is 4.57 Å². The zero-order chi connectivity index (χ0) is 40.9. The van der Waals surface area contributed by atoms with Gasteiger partial charge in [0.05, 0.1) is 29.1 Å². The van der Waals surface area contributed by atoms with Crippen molar-refractivity contribution >= 4 is 53.3 Å². The van der Waals surface area contributed by atoms with Crippen molar-refractivity contribution in [3.05, 3.63) is 170 Å². The van der Waals surface area contributed by atoms with Gasteiger partial charge in [0, 0.05) is 47.6 Å². The molecule has 0 bridgehead atoms. The summed E-state index contributed by atoms with van der Waals surface area (Å²) in [5, 5.41) is 1.75. The summed E-state index contributed by atoms with van der Waals surface area (Å²) in [6.07, 6.45) is 0. The van der Waals surface area contributed by atoms with E-state index in [1.165, 1.54) is 29.5 Å². The van der Waals surface area contributed by atoms with Crippen molar-refractivity contribution in [2.24, 2.45) is 0 Å². The SMILES string of the molecule is [2H]c1cc([2H])c2sc3c(-c4ccc(-c5nc(-c6ccccc6)nc(-c6ccccc6)n5)c(-n5c6c([2H])cc([2H])c([2H])c6c6c([2H])c([2H])cc([2H])c65)c4)c([2H])ccc3c2c1. The van der Waals surface area contributed by atoms with Gasteiger partial charge >= 0.3 is 0 Å². The Morgan fingerprint density at radius 1 is 0.460 bits per heavy atom. The molecule has 4 nitrogen and oxygen atoms in total. The third kappa shape index (κ3) is 4.63. The molecule has 3 heterocycles. The lowest BCUT2D eigenvalue weighted by Gasteiger charge is -2.16. The molecule has 3 aromatic heterocycles. The Kier molecular flexibility index (Phi) is 4.84. The Bertz CT molecular complexity index is 3260. The van der Waals surface area contributed by atoms with E-state index in [2.05, 4.69) is 0 Å². The van der Waals surface area contributed by atoms with Crippen LogP contribution in [-0.2, 0) is 0 Å². The Labute approximate surface area is 305 Å². The molecule has 0 N–H and O–H groups in total. The van der Waals surface area contributed by atoms with Crippen LogP contribution < -0.4 is 0 Å². The maximum absolute atomic E-state index is 9.25. The zero-order valence-electron chi connectivity index (χ0n) is 35.2. The van der Waals surface area contributed by atoms with E-state index in [1.807, 2.05) is 84.9 Å². The lowest BCUT2D eigenvalue weighted by molar-refractivity contribution is 1.06. The van der Waals surface area contributed by atoms with Gasteiger partial charge in [-0.05, 0) is 41.4 Å². The quantitative estimate of drug-likeness (QED) is 0.184. The summed E-state index contributed by atoms with van der Waals surface area (Å²) in [7, 11) is 0. The number of hydrogen-bond donors (Lipinski definition) is 0. The number of benzene rings is 7. The Balaban J connectivity index is 1.37. The molecule has 0 radical (unpaired) electrons. The Morgan fingerprint density at radius 2 is 1.10 bits per heavy atom. The highest BCUT2D eigenvalue weighted by Crippen LogP contribution is 2.42. The second-order valence-electron chi connectivity index (χ2n) is 11.7. The van der Waals surface area contributed by atoms with Gasteiger partial charge in [0.2, 0.25) is 0 Å². The van der Waals surface area contributed by atoms with Crippen molar-refractivity contribution in [1.29, 1.82) is 0 Å². The average Bonchev–Trinajstić information content (AvgIpc) is 3.80. The largest absolute Gasteiger partial charge is 0.308 e. The molecule has 0 amide bonds. The summed E-state index contributed by atoms with van der Waals surface area (Å²) in [5.41, 5.74) is 3.80. The minimum atomic E-state index is -0.239. The second-order valence-corrected chi connectivity index (χ2v) is 12.7. The van der Waals surface area contributed by atoms with Crippen molar-refractivity contribution in [1.82, 2.24) is 19.5 Å². The van der Waals surface area contributed by atoms with Gasteiger partial charge in [0.15, 0.2) is 17.5 Å².